The van der Waals surface area contributed by atoms with E-state index in [0.29, 0.717) is 17.5 Å². The zero-order valence-corrected chi connectivity index (χ0v) is 21.6. The van der Waals surface area contributed by atoms with Crippen LogP contribution in [0.15, 0.2) is 146 Å². The number of hydrogen-bond donors (Lipinski definition) is 0. The Morgan fingerprint density at radius 1 is 0.325 bits per heavy atom. The Morgan fingerprint density at radius 3 is 1.32 bits per heavy atom. The predicted octanol–water partition coefficient (Wildman–Crippen LogP) is 8.75. The molecule has 0 fully saturated rings. The molecule has 4 heteroatoms. The minimum atomic E-state index is 0.648. The minimum absolute atomic E-state index is 0.648. The van der Waals surface area contributed by atoms with Crippen LogP contribution in [0.4, 0.5) is 0 Å². The van der Waals surface area contributed by atoms with E-state index in [1.54, 1.807) is 0 Å². The molecule has 0 amide bonds. The topological polar surface area (TPSA) is 51.6 Å². The van der Waals surface area contributed by atoms with Gasteiger partial charge < -0.3 is 0 Å². The number of benzene rings is 5. The van der Waals surface area contributed by atoms with E-state index in [-0.39, 0.29) is 0 Å². The SMILES string of the molecule is c1ccc(-c2nc(-c3ccccc3)nc(-c3ccc(-c4ccc(-c5ccccn5)c5ccccc45)cc3)n2)cc1. The van der Waals surface area contributed by atoms with E-state index < -0.39 is 0 Å². The van der Waals surface area contributed by atoms with Crippen LogP contribution in [-0.4, -0.2) is 19.9 Å². The molecule has 0 saturated carbocycles. The van der Waals surface area contributed by atoms with Gasteiger partial charge in [-0.15, -0.1) is 0 Å². The summed E-state index contributed by atoms with van der Waals surface area (Å²) in [4.78, 5) is 19.1. The van der Waals surface area contributed by atoms with E-state index in [1.165, 1.54) is 16.3 Å². The van der Waals surface area contributed by atoms with Crippen molar-refractivity contribution < 1.29 is 0 Å². The highest BCUT2D eigenvalue weighted by Crippen LogP contribution is 2.35. The molecule has 0 aliphatic rings. The van der Waals surface area contributed by atoms with Gasteiger partial charge in [-0.3, -0.25) is 4.98 Å². The Hall–Kier alpha value is -5.48. The summed E-state index contributed by atoms with van der Waals surface area (Å²) >= 11 is 0. The van der Waals surface area contributed by atoms with Gasteiger partial charge in [0.05, 0.1) is 5.69 Å². The van der Waals surface area contributed by atoms with E-state index in [9.17, 15) is 0 Å². The Bertz CT molecular complexity index is 1860. The first-order chi connectivity index (χ1) is 19.8. The van der Waals surface area contributed by atoms with Crippen molar-refractivity contribution in [2.24, 2.45) is 0 Å². The summed E-state index contributed by atoms with van der Waals surface area (Å²) in [5.74, 6) is 1.96. The molecule has 5 aromatic carbocycles. The van der Waals surface area contributed by atoms with Gasteiger partial charge in [0.1, 0.15) is 0 Å². The highest BCUT2D eigenvalue weighted by atomic mass is 15.0. The second-order valence-electron chi connectivity index (χ2n) is 9.54. The molecular formula is C36H24N4. The van der Waals surface area contributed by atoms with Gasteiger partial charge in [0, 0.05) is 28.5 Å². The molecule has 0 radical (unpaired) electrons. The van der Waals surface area contributed by atoms with Crippen LogP contribution in [0, 0.1) is 0 Å². The molecule has 4 nitrogen and oxygen atoms in total. The third kappa shape index (κ3) is 4.52. The Labute approximate surface area is 232 Å². The average Bonchev–Trinajstić information content (AvgIpc) is 3.05. The fraction of sp³-hybridized carbons (Fsp3) is 0. The smallest absolute Gasteiger partial charge is 0.164 e. The van der Waals surface area contributed by atoms with E-state index >= 15 is 0 Å². The fourth-order valence-corrected chi connectivity index (χ4v) is 5.03. The molecule has 40 heavy (non-hydrogen) atoms. The molecule has 0 bridgehead atoms. The fourth-order valence-electron chi connectivity index (χ4n) is 5.03. The number of rotatable bonds is 5. The maximum atomic E-state index is 4.87. The van der Waals surface area contributed by atoms with Crippen molar-refractivity contribution in [3.8, 4) is 56.5 Å². The minimum Gasteiger partial charge on any atom is -0.256 e. The number of hydrogen-bond acceptors (Lipinski definition) is 4. The molecular weight excluding hydrogens is 488 g/mol. The second kappa shape index (κ2) is 10.4. The van der Waals surface area contributed by atoms with E-state index in [1.807, 2.05) is 79.0 Å². The van der Waals surface area contributed by atoms with Crippen LogP contribution in [0.25, 0.3) is 67.3 Å². The standard InChI is InChI=1S/C36H24N4/c1-3-11-26(12-4-1)34-38-35(27-13-5-2-6-14-27)40-36(39-34)28-20-18-25(19-21-28)29-22-23-32(33-17-9-10-24-37-33)31-16-8-7-15-30(29)31/h1-24H. The van der Waals surface area contributed by atoms with Gasteiger partial charge in [-0.1, -0.05) is 127 Å². The summed E-state index contributed by atoms with van der Waals surface area (Å²) in [5.41, 5.74) is 7.26. The van der Waals surface area contributed by atoms with Gasteiger partial charge in [0.25, 0.3) is 0 Å². The molecule has 188 valence electrons. The van der Waals surface area contributed by atoms with Gasteiger partial charge in [0.2, 0.25) is 0 Å². The summed E-state index contributed by atoms with van der Waals surface area (Å²) in [6, 6.07) is 47.4. The molecule has 0 N–H and O–H groups in total. The van der Waals surface area contributed by atoms with Crippen molar-refractivity contribution in [1.82, 2.24) is 19.9 Å². The molecule has 7 rings (SSSR count). The summed E-state index contributed by atoms with van der Waals surface area (Å²) in [6.45, 7) is 0. The second-order valence-corrected chi connectivity index (χ2v) is 9.54. The van der Waals surface area contributed by atoms with Crippen molar-refractivity contribution in [1.29, 1.82) is 0 Å². The summed E-state index contributed by atoms with van der Waals surface area (Å²) in [5, 5.41) is 2.37. The lowest BCUT2D eigenvalue weighted by molar-refractivity contribution is 1.07. The molecule has 0 saturated heterocycles. The molecule has 0 aliphatic carbocycles. The first-order valence-electron chi connectivity index (χ1n) is 13.2. The molecule has 0 aliphatic heterocycles. The number of aromatic nitrogens is 4. The zero-order valence-electron chi connectivity index (χ0n) is 21.6. The normalized spacial score (nSPS) is 11.0. The lowest BCUT2D eigenvalue weighted by Gasteiger charge is -2.12. The van der Waals surface area contributed by atoms with Crippen LogP contribution in [0.1, 0.15) is 0 Å². The van der Waals surface area contributed by atoms with Gasteiger partial charge >= 0.3 is 0 Å². The molecule has 2 heterocycles. The molecule has 0 unspecified atom stereocenters. The monoisotopic (exact) mass is 512 g/mol. The highest BCUT2D eigenvalue weighted by Gasteiger charge is 2.14. The van der Waals surface area contributed by atoms with Crippen LogP contribution in [-0.2, 0) is 0 Å². The Balaban J connectivity index is 1.31. The highest BCUT2D eigenvalue weighted by molar-refractivity contribution is 6.04. The number of nitrogens with zero attached hydrogens (tertiary/aromatic N) is 4. The zero-order chi connectivity index (χ0) is 26.7. The lowest BCUT2D eigenvalue weighted by atomic mass is 9.93. The number of fused-ring (bicyclic) bond motifs is 1. The van der Waals surface area contributed by atoms with E-state index in [4.69, 9.17) is 15.0 Å². The van der Waals surface area contributed by atoms with Crippen molar-refractivity contribution in [3.63, 3.8) is 0 Å². The molecule has 0 atom stereocenters. The predicted molar refractivity (Wildman–Crippen MR) is 162 cm³/mol. The van der Waals surface area contributed by atoms with Crippen LogP contribution >= 0.6 is 0 Å². The third-order valence-electron chi connectivity index (χ3n) is 7.02. The Morgan fingerprint density at radius 2 is 0.775 bits per heavy atom. The Kier molecular flexibility index (Phi) is 6.11. The van der Waals surface area contributed by atoms with Crippen molar-refractivity contribution in [2.45, 2.75) is 0 Å². The van der Waals surface area contributed by atoms with E-state index in [0.717, 1.165) is 33.5 Å². The summed E-state index contributed by atoms with van der Waals surface area (Å²) in [6.07, 6.45) is 1.84. The van der Waals surface area contributed by atoms with Gasteiger partial charge in [-0.25, -0.2) is 15.0 Å². The molecule has 0 spiro atoms. The van der Waals surface area contributed by atoms with Gasteiger partial charge in [-0.2, -0.15) is 0 Å². The van der Waals surface area contributed by atoms with Gasteiger partial charge in [-0.05, 0) is 34.0 Å². The molecule has 7 aromatic rings. The molecule has 2 aromatic heterocycles. The maximum absolute atomic E-state index is 4.87. The van der Waals surface area contributed by atoms with Crippen molar-refractivity contribution in [2.75, 3.05) is 0 Å². The first kappa shape index (κ1) is 23.6. The number of pyridine rings is 1. The quantitative estimate of drug-likeness (QED) is 0.231. The van der Waals surface area contributed by atoms with Crippen LogP contribution in [0.3, 0.4) is 0 Å². The van der Waals surface area contributed by atoms with Crippen molar-refractivity contribution in [3.05, 3.63) is 146 Å². The third-order valence-corrected chi connectivity index (χ3v) is 7.02. The van der Waals surface area contributed by atoms with E-state index in [2.05, 4.69) is 71.7 Å². The summed E-state index contributed by atoms with van der Waals surface area (Å²) in [7, 11) is 0. The van der Waals surface area contributed by atoms with Crippen molar-refractivity contribution >= 4 is 10.8 Å². The van der Waals surface area contributed by atoms with Crippen LogP contribution < -0.4 is 0 Å². The largest absolute Gasteiger partial charge is 0.256 e. The average molecular weight is 513 g/mol. The summed E-state index contributed by atoms with van der Waals surface area (Å²) < 4.78 is 0. The lowest BCUT2D eigenvalue weighted by Crippen LogP contribution is -2.00. The first-order valence-corrected chi connectivity index (χ1v) is 13.2. The van der Waals surface area contributed by atoms with Crippen LogP contribution in [0.2, 0.25) is 0 Å². The van der Waals surface area contributed by atoms with Crippen LogP contribution in [0.5, 0.6) is 0 Å². The maximum Gasteiger partial charge on any atom is 0.164 e. The van der Waals surface area contributed by atoms with Gasteiger partial charge in [0.15, 0.2) is 17.5 Å².